The Morgan fingerprint density at radius 3 is 1.96 bits per heavy atom. The lowest BCUT2D eigenvalue weighted by atomic mass is 9.82. The Labute approximate surface area is 158 Å². The Kier molecular flexibility index (Phi) is 6.79. The van der Waals surface area contributed by atoms with Gasteiger partial charge in [0.25, 0.3) is 0 Å². The topological polar surface area (TPSA) is 92.3 Å². The largest absolute Gasteiger partial charge is 0.493 e. The molecular formula is C21H20N2O4. The molecule has 0 unspecified atom stereocenters. The summed E-state index contributed by atoms with van der Waals surface area (Å²) in [7, 11) is 4.46. The summed E-state index contributed by atoms with van der Waals surface area (Å²) in [6.07, 6.45) is 0.00837. The predicted molar refractivity (Wildman–Crippen MR) is 98.9 cm³/mol. The van der Waals surface area contributed by atoms with Crippen molar-refractivity contribution in [2.45, 2.75) is 12.3 Å². The van der Waals surface area contributed by atoms with Gasteiger partial charge in [-0.15, -0.1) is 0 Å². The summed E-state index contributed by atoms with van der Waals surface area (Å²) >= 11 is 0. The van der Waals surface area contributed by atoms with Crippen LogP contribution in [0.25, 0.3) is 0 Å². The second-order valence-corrected chi connectivity index (χ2v) is 5.79. The third-order valence-electron chi connectivity index (χ3n) is 4.30. The molecule has 27 heavy (non-hydrogen) atoms. The fourth-order valence-electron chi connectivity index (χ4n) is 2.89. The second-order valence-electron chi connectivity index (χ2n) is 5.79. The lowest BCUT2D eigenvalue weighted by molar-refractivity contribution is 0.0970. The van der Waals surface area contributed by atoms with E-state index in [1.807, 2.05) is 18.2 Å². The molecule has 0 aliphatic carbocycles. The zero-order valence-corrected chi connectivity index (χ0v) is 15.4. The van der Waals surface area contributed by atoms with Gasteiger partial charge in [-0.25, -0.2) is 0 Å². The molecule has 0 aliphatic heterocycles. The smallest absolute Gasteiger partial charge is 0.203 e. The molecule has 0 radical (unpaired) electrons. The summed E-state index contributed by atoms with van der Waals surface area (Å²) in [5.74, 6) is -0.577. The number of nitrogens with zero attached hydrogens (tertiary/aromatic N) is 2. The number of carbonyl (C=O) groups is 1. The molecule has 0 saturated carbocycles. The minimum absolute atomic E-state index is 0.00837. The van der Waals surface area contributed by atoms with E-state index in [-0.39, 0.29) is 12.2 Å². The van der Waals surface area contributed by atoms with E-state index in [1.54, 1.807) is 36.4 Å². The van der Waals surface area contributed by atoms with Gasteiger partial charge >= 0.3 is 0 Å². The van der Waals surface area contributed by atoms with Crippen molar-refractivity contribution in [3.8, 4) is 29.4 Å². The first-order chi connectivity index (χ1) is 13.1. The van der Waals surface area contributed by atoms with Crippen LogP contribution in [-0.2, 0) is 0 Å². The van der Waals surface area contributed by atoms with Crippen molar-refractivity contribution in [2.75, 3.05) is 21.3 Å². The first kappa shape index (κ1) is 19.8. The van der Waals surface area contributed by atoms with Crippen molar-refractivity contribution < 1.29 is 19.0 Å². The van der Waals surface area contributed by atoms with Gasteiger partial charge in [0.05, 0.1) is 33.5 Å². The first-order valence-corrected chi connectivity index (χ1v) is 8.26. The zero-order valence-electron chi connectivity index (χ0n) is 15.4. The van der Waals surface area contributed by atoms with Crippen molar-refractivity contribution in [3.63, 3.8) is 0 Å². The van der Waals surface area contributed by atoms with Crippen molar-refractivity contribution in [1.82, 2.24) is 0 Å². The third-order valence-corrected chi connectivity index (χ3v) is 4.30. The molecule has 0 aromatic heterocycles. The number of hydrogen-bond donors (Lipinski definition) is 0. The van der Waals surface area contributed by atoms with Gasteiger partial charge in [-0.2, -0.15) is 10.5 Å². The van der Waals surface area contributed by atoms with E-state index in [4.69, 9.17) is 14.2 Å². The van der Waals surface area contributed by atoms with E-state index < -0.39 is 11.8 Å². The summed E-state index contributed by atoms with van der Waals surface area (Å²) < 4.78 is 16.0. The quantitative estimate of drug-likeness (QED) is 0.663. The van der Waals surface area contributed by atoms with Crippen LogP contribution >= 0.6 is 0 Å². The monoisotopic (exact) mass is 364 g/mol. The highest BCUT2D eigenvalue weighted by atomic mass is 16.5. The molecule has 0 spiro atoms. The molecule has 0 saturated heterocycles. The molecule has 0 aliphatic rings. The highest BCUT2D eigenvalue weighted by Crippen LogP contribution is 2.42. The number of methoxy groups -OCH3 is 3. The average Bonchev–Trinajstić information content (AvgIpc) is 2.73. The molecule has 0 bridgehead atoms. The number of rotatable bonds is 8. The Hall–Kier alpha value is -3.51. The standard InChI is InChI=1S/C21H20N2O4/c1-25-19-9-15(10-20(26-2)21(19)27-3)17(16(12-22)13-23)11-18(24)14-7-5-4-6-8-14/h4-10,16-17H,11H2,1-3H3/t17-/m1/s1. The summed E-state index contributed by atoms with van der Waals surface area (Å²) in [5.41, 5.74) is 1.13. The fourth-order valence-corrected chi connectivity index (χ4v) is 2.89. The number of benzene rings is 2. The number of Topliss-reactive ketones (excluding diaryl/α,β-unsaturated/α-hetero) is 1. The van der Waals surface area contributed by atoms with Crippen LogP contribution in [0.2, 0.25) is 0 Å². The van der Waals surface area contributed by atoms with Crippen LogP contribution in [0.1, 0.15) is 28.3 Å². The van der Waals surface area contributed by atoms with Crippen LogP contribution in [-0.4, -0.2) is 27.1 Å². The Balaban J connectivity index is 2.50. The molecule has 1 atom stereocenters. The van der Waals surface area contributed by atoms with E-state index in [0.717, 1.165) is 0 Å². The maximum atomic E-state index is 12.7. The highest BCUT2D eigenvalue weighted by molar-refractivity contribution is 5.96. The van der Waals surface area contributed by atoms with Gasteiger partial charge in [-0.3, -0.25) is 4.79 Å². The molecule has 0 amide bonds. The molecule has 2 rings (SSSR count). The van der Waals surface area contributed by atoms with Crippen LogP contribution in [0.15, 0.2) is 42.5 Å². The average molecular weight is 364 g/mol. The van der Waals surface area contributed by atoms with E-state index in [0.29, 0.717) is 28.4 Å². The number of ketones is 1. The number of ether oxygens (including phenoxy) is 3. The zero-order chi connectivity index (χ0) is 19.8. The lowest BCUT2D eigenvalue weighted by Crippen LogP contribution is -2.15. The maximum absolute atomic E-state index is 12.7. The van der Waals surface area contributed by atoms with Crippen molar-refractivity contribution >= 4 is 5.78 Å². The van der Waals surface area contributed by atoms with E-state index >= 15 is 0 Å². The van der Waals surface area contributed by atoms with Gasteiger partial charge in [0.2, 0.25) is 5.75 Å². The predicted octanol–water partition coefficient (Wildman–Crippen LogP) is 3.73. The van der Waals surface area contributed by atoms with Crippen molar-refractivity contribution in [3.05, 3.63) is 53.6 Å². The van der Waals surface area contributed by atoms with E-state index in [2.05, 4.69) is 0 Å². The Morgan fingerprint density at radius 1 is 0.963 bits per heavy atom. The molecular weight excluding hydrogens is 344 g/mol. The number of hydrogen-bond acceptors (Lipinski definition) is 6. The van der Waals surface area contributed by atoms with Gasteiger partial charge in [-0.05, 0) is 17.7 Å². The molecule has 0 N–H and O–H groups in total. The minimum Gasteiger partial charge on any atom is -0.493 e. The molecule has 6 nitrogen and oxygen atoms in total. The molecule has 2 aromatic rings. The minimum atomic E-state index is -1.000. The highest BCUT2D eigenvalue weighted by Gasteiger charge is 2.28. The molecule has 0 fully saturated rings. The van der Waals surface area contributed by atoms with E-state index in [9.17, 15) is 15.3 Å². The number of nitriles is 2. The van der Waals surface area contributed by atoms with Crippen LogP contribution in [0.4, 0.5) is 0 Å². The number of carbonyl (C=O) groups excluding carboxylic acids is 1. The summed E-state index contributed by atoms with van der Waals surface area (Å²) in [6, 6.07) is 16.1. The Morgan fingerprint density at radius 2 is 1.52 bits per heavy atom. The molecule has 0 heterocycles. The van der Waals surface area contributed by atoms with Gasteiger partial charge < -0.3 is 14.2 Å². The molecule has 6 heteroatoms. The fraction of sp³-hybridized carbons (Fsp3) is 0.286. The van der Waals surface area contributed by atoms with Crippen LogP contribution in [0.5, 0.6) is 17.2 Å². The van der Waals surface area contributed by atoms with Crippen LogP contribution in [0.3, 0.4) is 0 Å². The molecule has 138 valence electrons. The Bertz CT molecular complexity index is 842. The third kappa shape index (κ3) is 4.37. The first-order valence-electron chi connectivity index (χ1n) is 8.26. The molecule has 2 aromatic carbocycles. The second kappa shape index (κ2) is 9.26. The van der Waals surface area contributed by atoms with Gasteiger partial charge in [0, 0.05) is 17.9 Å². The normalized spacial score (nSPS) is 11.2. The lowest BCUT2D eigenvalue weighted by Gasteiger charge is -2.21. The SMILES string of the molecule is COc1cc([C@@H](CC(=O)c2ccccc2)C(C#N)C#N)cc(OC)c1OC. The summed E-state index contributed by atoms with van der Waals surface area (Å²) in [5, 5.41) is 18.8. The van der Waals surface area contributed by atoms with Crippen molar-refractivity contribution in [1.29, 1.82) is 10.5 Å². The van der Waals surface area contributed by atoms with Crippen LogP contribution < -0.4 is 14.2 Å². The van der Waals surface area contributed by atoms with E-state index in [1.165, 1.54) is 21.3 Å². The van der Waals surface area contributed by atoms with Crippen LogP contribution in [0, 0.1) is 28.6 Å². The van der Waals surface area contributed by atoms with Gasteiger partial charge in [0.1, 0.15) is 5.92 Å². The summed E-state index contributed by atoms with van der Waals surface area (Å²) in [6.45, 7) is 0. The van der Waals surface area contributed by atoms with Gasteiger partial charge in [-0.1, -0.05) is 30.3 Å². The summed E-state index contributed by atoms with van der Waals surface area (Å²) in [4.78, 5) is 12.7. The van der Waals surface area contributed by atoms with Crippen molar-refractivity contribution in [2.24, 2.45) is 5.92 Å². The maximum Gasteiger partial charge on any atom is 0.203 e. The van der Waals surface area contributed by atoms with Gasteiger partial charge in [0.15, 0.2) is 17.3 Å².